The highest BCUT2D eigenvalue weighted by Crippen LogP contribution is 2.35. The number of guanidine groups is 1. The van der Waals surface area contributed by atoms with Crippen molar-refractivity contribution in [2.45, 2.75) is 18.9 Å². The fourth-order valence-corrected chi connectivity index (χ4v) is 3.22. The van der Waals surface area contributed by atoms with Crippen LogP contribution in [0.1, 0.15) is 24.5 Å². The number of amides is 1. The summed E-state index contributed by atoms with van der Waals surface area (Å²) in [5.74, 6) is 0.0144. The number of carbonyl (C=O) groups is 1. The lowest BCUT2D eigenvalue weighted by atomic mass is 9.82. The predicted molar refractivity (Wildman–Crippen MR) is 97.3 cm³/mol. The summed E-state index contributed by atoms with van der Waals surface area (Å²) in [5, 5.41) is 11.5. The van der Waals surface area contributed by atoms with Crippen LogP contribution in [0.25, 0.3) is 0 Å². The SMILES string of the molecule is CCOCCCN1C(=N)NC(c2ccccc2)(c2ccccc2)C1=O. The van der Waals surface area contributed by atoms with Gasteiger partial charge in [-0.25, -0.2) is 0 Å². The Balaban J connectivity index is 1.96. The third kappa shape index (κ3) is 3.15. The summed E-state index contributed by atoms with van der Waals surface area (Å²) in [5.41, 5.74) is 0.622. The van der Waals surface area contributed by atoms with Crippen molar-refractivity contribution in [2.24, 2.45) is 0 Å². The highest BCUT2D eigenvalue weighted by atomic mass is 16.5. The van der Waals surface area contributed by atoms with E-state index in [1.54, 1.807) is 0 Å². The van der Waals surface area contributed by atoms with E-state index in [1.807, 2.05) is 67.6 Å². The zero-order chi connectivity index (χ0) is 17.7. The standard InChI is InChI=1S/C20H23N3O2/c1-2-25-15-9-14-23-18(24)20(22-19(23)21,16-10-5-3-6-11-16)17-12-7-4-8-13-17/h3-8,10-13H,2,9,14-15H2,1H3,(H2,21,22). The van der Waals surface area contributed by atoms with Gasteiger partial charge in [0.25, 0.3) is 5.91 Å². The first-order chi connectivity index (χ1) is 12.2. The van der Waals surface area contributed by atoms with E-state index in [1.165, 1.54) is 4.90 Å². The number of hydrogen-bond acceptors (Lipinski definition) is 3. The molecule has 1 saturated heterocycles. The first kappa shape index (κ1) is 17.2. The molecule has 1 aliphatic rings. The second-order valence-corrected chi connectivity index (χ2v) is 5.96. The van der Waals surface area contributed by atoms with Gasteiger partial charge in [-0.15, -0.1) is 0 Å². The van der Waals surface area contributed by atoms with E-state index in [0.29, 0.717) is 26.2 Å². The number of carbonyl (C=O) groups excluding carboxylic acids is 1. The smallest absolute Gasteiger partial charge is 0.264 e. The molecular weight excluding hydrogens is 314 g/mol. The second-order valence-electron chi connectivity index (χ2n) is 5.96. The van der Waals surface area contributed by atoms with Crippen molar-refractivity contribution in [3.8, 4) is 0 Å². The summed E-state index contributed by atoms with van der Waals surface area (Å²) in [7, 11) is 0. The van der Waals surface area contributed by atoms with Crippen molar-refractivity contribution in [3.05, 3.63) is 71.8 Å². The fourth-order valence-electron chi connectivity index (χ4n) is 3.22. The van der Waals surface area contributed by atoms with Crippen molar-refractivity contribution in [3.63, 3.8) is 0 Å². The molecule has 2 aromatic rings. The van der Waals surface area contributed by atoms with Crippen LogP contribution in [0, 0.1) is 5.41 Å². The predicted octanol–water partition coefficient (Wildman–Crippen LogP) is 2.72. The number of ether oxygens (including phenoxy) is 1. The van der Waals surface area contributed by atoms with Gasteiger partial charge in [0, 0.05) is 19.8 Å². The van der Waals surface area contributed by atoms with Crippen molar-refractivity contribution in [1.29, 1.82) is 5.41 Å². The Bertz CT molecular complexity index is 692. The van der Waals surface area contributed by atoms with E-state index >= 15 is 0 Å². The number of rotatable bonds is 7. The Morgan fingerprint density at radius 3 is 2.12 bits per heavy atom. The molecule has 1 fully saturated rings. The zero-order valence-corrected chi connectivity index (χ0v) is 14.4. The minimum atomic E-state index is -1.05. The lowest BCUT2D eigenvalue weighted by Gasteiger charge is -2.28. The van der Waals surface area contributed by atoms with Crippen molar-refractivity contribution >= 4 is 11.9 Å². The third-order valence-corrected chi connectivity index (χ3v) is 4.43. The lowest BCUT2D eigenvalue weighted by molar-refractivity contribution is -0.130. The number of nitrogens with one attached hydrogen (secondary N) is 2. The van der Waals surface area contributed by atoms with Crippen LogP contribution in [-0.2, 0) is 15.1 Å². The monoisotopic (exact) mass is 337 g/mol. The molecule has 0 saturated carbocycles. The topological polar surface area (TPSA) is 65.4 Å². The van der Waals surface area contributed by atoms with Gasteiger partial charge in [-0.3, -0.25) is 15.1 Å². The van der Waals surface area contributed by atoms with E-state index < -0.39 is 5.54 Å². The minimum absolute atomic E-state index is 0.119. The third-order valence-electron chi connectivity index (χ3n) is 4.43. The first-order valence-corrected chi connectivity index (χ1v) is 8.57. The average Bonchev–Trinajstić information content (AvgIpc) is 2.92. The summed E-state index contributed by atoms with van der Waals surface area (Å²) >= 11 is 0. The Morgan fingerprint density at radius 1 is 1.04 bits per heavy atom. The van der Waals surface area contributed by atoms with Gasteiger partial charge in [0.2, 0.25) is 0 Å². The molecule has 0 unspecified atom stereocenters. The molecule has 5 heteroatoms. The largest absolute Gasteiger partial charge is 0.382 e. The first-order valence-electron chi connectivity index (χ1n) is 8.57. The molecule has 0 bridgehead atoms. The lowest BCUT2D eigenvalue weighted by Crippen LogP contribution is -2.45. The molecule has 2 aromatic carbocycles. The van der Waals surface area contributed by atoms with Crippen LogP contribution < -0.4 is 5.32 Å². The molecule has 130 valence electrons. The van der Waals surface area contributed by atoms with Crippen LogP contribution in [0.3, 0.4) is 0 Å². The van der Waals surface area contributed by atoms with Gasteiger partial charge in [-0.05, 0) is 24.5 Å². The van der Waals surface area contributed by atoms with E-state index in [-0.39, 0.29) is 11.9 Å². The number of benzene rings is 2. The van der Waals surface area contributed by atoms with Gasteiger partial charge in [-0.2, -0.15) is 0 Å². The van der Waals surface area contributed by atoms with Gasteiger partial charge in [0.15, 0.2) is 11.5 Å². The van der Waals surface area contributed by atoms with E-state index in [0.717, 1.165) is 11.1 Å². The number of hydrogen-bond donors (Lipinski definition) is 2. The van der Waals surface area contributed by atoms with Gasteiger partial charge in [0.05, 0.1) is 0 Å². The Morgan fingerprint density at radius 2 is 1.60 bits per heavy atom. The van der Waals surface area contributed by atoms with Crippen LogP contribution >= 0.6 is 0 Å². The Hall–Kier alpha value is -2.66. The van der Waals surface area contributed by atoms with Crippen molar-refractivity contribution < 1.29 is 9.53 Å². The molecule has 3 rings (SSSR count). The minimum Gasteiger partial charge on any atom is -0.382 e. The second kappa shape index (κ2) is 7.49. The molecule has 25 heavy (non-hydrogen) atoms. The molecule has 0 radical (unpaired) electrons. The average molecular weight is 337 g/mol. The molecule has 0 aliphatic carbocycles. The summed E-state index contributed by atoms with van der Waals surface area (Å²) in [4.78, 5) is 14.9. The quantitative estimate of drug-likeness (QED) is 0.764. The molecule has 0 spiro atoms. The summed E-state index contributed by atoms with van der Waals surface area (Å²) in [6.45, 7) is 3.64. The molecule has 0 aromatic heterocycles. The Labute approximate surface area is 148 Å². The van der Waals surface area contributed by atoms with Crippen LogP contribution in [0.2, 0.25) is 0 Å². The molecule has 5 nitrogen and oxygen atoms in total. The van der Waals surface area contributed by atoms with Crippen LogP contribution in [-0.4, -0.2) is 36.5 Å². The van der Waals surface area contributed by atoms with Crippen LogP contribution in [0.4, 0.5) is 0 Å². The normalized spacial score (nSPS) is 16.1. The highest BCUT2D eigenvalue weighted by molar-refractivity contribution is 6.10. The van der Waals surface area contributed by atoms with Gasteiger partial charge >= 0.3 is 0 Å². The maximum absolute atomic E-state index is 13.4. The summed E-state index contributed by atoms with van der Waals surface area (Å²) in [6.07, 6.45) is 0.698. The van der Waals surface area contributed by atoms with Gasteiger partial charge < -0.3 is 10.1 Å². The van der Waals surface area contributed by atoms with Crippen LogP contribution in [0.15, 0.2) is 60.7 Å². The van der Waals surface area contributed by atoms with Gasteiger partial charge in [0.1, 0.15) is 0 Å². The zero-order valence-electron chi connectivity index (χ0n) is 14.4. The summed E-state index contributed by atoms with van der Waals surface area (Å²) in [6, 6.07) is 19.2. The Kier molecular flexibility index (Phi) is 5.14. The van der Waals surface area contributed by atoms with Gasteiger partial charge in [-0.1, -0.05) is 60.7 Å². The van der Waals surface area contributed by atoms with Crippen LogP contribution in [0.5, 0.6) is 0 Å². The van der Waals surface area contributed by atoms with E-state index in [9.17, 15) is 4.79 Å². The fraction of sp³-hybridized carbons (Fsp3) is 0.300. The molecule has 1 amide bonds. The van der Waals surface area contributed by atoms with E-state index in [4.69, 9.17) is 10.1 Å². The van der Waals surface area contributed by atoms with E-state index in [2.05, 4.69) is 5.32 Å². The summed E-state index contributed by atoms with van der Waals surface area (Å²) < 4.78 is 5.36. The molecule has 1 heterocycles. The molecule has 0 atom stereocenters. The molecule has 2 N–H and O–H groups in total. The molecule has 1 aliphatic heterocycles. The highest BCUT2D eigenvalue weighted by Gasteiger charge is 2.51. The van der Waals surface area contributed by atoms with Crippen molar-refractivity contribution in [2.75, 3.05) is 19.8 Å². The van der Waals surface area contributed by atoms with Crippen molar-refractivity contribution in [1.82, 2.24) is 10.2 Å². The number of nitrogens with zero attached hydrogens (tertiary/aromatic N) is 1. The maximum Gasteiger partial charge on any atom is 0.264 e. The maximum atomic E-state index is 13.4. The molecular formula is C20H23N3O2.